The van der Waals surface area contributed by atoms with Gasteiger partial charge in [-0.15, -0.1) is 0 Å². The van der Waals surface area contributed by atoms with Gasteiger partial charge in [0.05, 0.1) is 0 Å². The Bertz CT molecular complexity index is 711. The lowest BCUT2D eigenvalue weighted by atomic mass is 9.95. The lowest BCUT2D eigenvalue weighted by Crippen LogP contribution is -2.44. The van der Waals surface area contributed by atoms with Crippen molar-refractivity contribution >= 4 is 22.6 Å². The van der Waals surface area contributed by atoms with Gasteiger partial charge in [-0.1, -0.05) is 63.2 Å². The number of ether oxygens (including phenoxy) is 1. The quantitative estimate of drug-likeness (QED) is 0.880. The Labute approximate surface area is 136 Å². The van der Waals surface area contributed by atoms with E-state index in [1.54, 1.807) is 27.7 Å². The molecule has 1 unspecified atom stereocenters. The van der Waals surface area contributed by atoms with Gasteiger partial charge in [-0.25, -0.2) is 4.79 Å². The van der Waals surface area contributed by atoms with E-state index in [4.69, 9.17) is 4.74 Å². The molecule has 2 aromatic rings. The molecule has 0 bridgehead atoms. The van der Waals surface area contributed by atoms with E-state index < -0.39 is 17.4 Å². The fourth-order valence-corrected chi connectivity index (χ4v) is 2.16. The van der Waals surface area contributed by atoms with Gasteiger partial charge in [0.15, 0.2) is 0 Å². The van der Waals surface area contributed by atoms with Gasteiger partial charge in [0.2, 0.25) is 5.91 Å². The Morgan fingerprint density at radius 3 is 2.43 bits per heavy atom. The molecule has 0 spiro atoms. The van der Waals surface area contributed by atoms with Crippen molar-refractivity contribution in [3.63, 3.8) is 0 Å². The minimum absolute atomic E-state index is 0.174. The number of fused-ring (bicyclic) bond motifs is 1. The highest BCUT2D eigenvalue weighted by atomic mass is 16.5. The largest absolute Gasteiger partial charge is 0.459 e. The van der Waals surface area contributed by atoms with Crippen LogP contribution in [0.15, 0.2) is 42.5 Å². The van der Waals surface area contributed by atoms with E-state index in [0.717, 1.165) is 16.3 Å². The predicted octanol–water partition coefficient (Wildman–Crippen LogP) is 3.43. The number of nitrogens with one attached hydrogen (secondary N) is 1. The van der Waals surface area contributed by atoms with Crippen LogP contribution in [0.1, 0.15) is 33.3 Å². The number of esters is 1. The highest BCUT2D eigenvalue weighted by Gasteiger charge is 2.25. The van der Waals surface area contributed by atoms with E-state index in [0.29, 0.717) is 0 Å². The van der Waals surface area contributed by atoms with Crippen molar-refractivity contribution in [1.82, 2.24) is 5.32 Å². The molecule has 2 aromatic carbocycles. The monoisotopic (exact) mass is 313 g/mol. The summed E-state index contributed by atoms with van der Waals surface area (Å²) in [6.45, 7) is 7.23. The molecule has 1 atom stereocenters. The van der Waals surface area contributed by atoms with E-state index in [9.17, 15) is 9.59 Å². The van der Waals surface area contributed by atoms with E-state index >= 15 is 0 Å². The third-order valence-corrected chi connectivity index (χ3v) is 3.63. The normalized spacial score (nSPS) is 12.7. The fraction of sp³-hybridized carbons (Fsp3) is 0.368. The van der Waals surface area contributed by atoms with Crippen LogP contribution in [-0.2, 0) is 20.9 Å². The van der Waals surface area contributed by atoms with Crippen molar-refractivity contribution in [2.45, 2.75) is 40.3 Å². The Morgan fingerprint density at radius 2 is 1.74 bits per heavy atom. The zero-order valence-corrected chi connectivity index (χ0v) is 14.1. The fourth-order valence-electron chi connectivity index (χ4n) is 2.16. The molecule has 0 fully saturated rings. The van der Waals surface area contributed by atoms with Crippen LogP contribution in [0.4, 0.5) is 0 Å². The molecule has 0 aliphatic rings. The first-order valence-electron chi connectivity index (χ1n) is 7.73. The van der Waals surface area contributed by atoms with Crippen LogP contribution in [0, 0.1) is 5.41 Å². The second kappa shape index (κ2) is 6.82. The van der Waals surface area contributed by atoms with Gasteiger partial charge in [-0.2, -0.15) is 0 Å². The van der Waals surface area contributed by atoms with Crippen LogP contribution < -0.4 is 5.32 Å². The number of carbonyl (C=O) groups excluding carboxylic acids is 2. The van der Waals surface area contributed by atoms with Crippen molar-refractivity contribution in [1.29, 1.82) is 0 Å². The molecule has 0 saturated carbocycles. The SMILES string of the molecule is CC(NC(=O)C(C)(C)C)C(=O)OCc1cccc2ccccc12. The zero-order chi connectivity index (χ0) is 17.0. The van der Waals surface area contributed by atoms with Crippen LogP contribution in [-0.4, -0.2) is 17.9 Å². The van der Waals surface area contributed by atoms with Crippen molar-refractivity contribution < 1.29 is 14.3 Å². The van der Waals surface area contributed by atoms with Crippen molar-refractivity contribution in [3.8, 4) is 0 Å². The van der Waals surface area contributed by atoms with Gasteiger partial charge in [0.1, 0.15) is 12.6 Å². The summed E-state index contributed by atoms with van der Waals surface area (Å²) in [5.41, 5.74) is 0.412. The van der Waals surface area contributed by atoms with Gasteiger partial charge >= 0.3 is 5.97 Å². The number of benzene rings is 2. The molecule has 0 saturated heterocycles. The Kier molecular flexibility index (Phi) is 5.04. The molecule has 0 heterocycles. The van der Waals surface area contributed by atoms with E-state index in [1.165, 1.54) is 0 Å². The summed E-state index contributed by atoms with van der Waals surface area (Å²) < 4.78 is 5.36. The van der Waals surface area contributed by atoms with Gasteiger partial charge in [0, 0.05) is 5.41 Å². The average Bonchev–Trinajstić information content (AvgIpc) is 2.51. The molecule has 23 heavy (non-hydrogen) atoms. The molecule has 0 aromatic heterocycles. The number of hydrogen-bond donors (Lipinski definition) is 1. The topological polar surface area (TPSA) is 55.4 Å². The molecule has 0 aliphatic carbocycles. The number of amides is 1. The maximum Gasteiger partial charge on any atom is 0.328 e. The highest BCUT2D eigenvalue weighted by molar-refractivity contribution is 5.88. The van der Waals surface area contributed by atoms with Crippen LogP contribution in [0.5, 0.6) is 0 Å². The minimum Gasteiger partial charge on any atom is -0.459 e. The summed E-state index contributed by atoms with van der Waals surface area (Å²) in [4.78, 5) is 24.0. The summed E-state index contributed by atoms with van der Waals surface area (Å²) in [6, 6.07) is 13.2. The number of hydrogen-bond acceptors (Lipinski definition) is 3. The first-order chi connectivity index (χ1) is 10.8. The third kappa shape index (κ3) is 4.31. The van der Waals surface area contributed by atoms with Crippen LogP contribution in [0.25, 0.3) is 10.8 Å². The molecular weight excluding hydrogens is 290 g/mol. The minimum atomic E-state index is -0.670. The van der Waals surface area contributed by atoms with Crippen LogP contribution in [0.2, 0.25) is 0 Å². The van der Waals surface area contributed by atoms with Crippen LogP contribution >= 0.6 is 0 Å². The van der Waals surface area contributed by atoms with E-state index in [1.807, 2.05) is 42.5 Å². The average molecular weight is 313 g/mol. The molecule has 4 heteroatoms. The molecule has 1 amide bonds. The summed E-state index contributed by atoms with van der Waals surface area (Å²) >= 11 is 0. The summed E-state index contributed by atoms with van der Waals surface area (Å²) in [5, 5.41) is 4.85. The van der Waals surface area contributed by atoms with Crippen molar-refractivity contribution in [3.05, 3.63) is 48.0 Å². The number of carbonyl (C=O) groups is 2. The molecule has 122 valence electrons. The maximum absolute atomic E-state index is 12.1. The second-order valence-electron chi connectivity index (χ2n) is 6.69. The molecule has 4 nitrogen and oxygen atoms in total. The molecule has 0 aliphatic heterocycles. The zero-order valence-electron chi connectivity index (χ0n) is 14.1. The Morgan fingerprint density at radius 1 is 1.09 bits per heavy atom. The van der Waals surface area contributed by atoms with Gasteiger partial charge < -0.3 is 10.1 Å². The van der Waals surface area contributed by atoms with E-state index in [-0.39, 0.29) is 12.5 Å². The van der Waals surface area contributed by atoms with E-state index in [2.05, 4.69) is 5.32 Å². The lowest BCUT2D eigenvalue weighted by Gasteiger charge is -2.21. The Hall–Kier alpha value is -2.36. The smallest absolute Gasteiger partial charge is 0.328 e. The maximum atomic E-state index is 12.1. The van der Waals surface area contributed by atoms with Crippen molar-refractivity contribution in [2.75, 3.05) is 0 Å². The summed E-state index contributed by atoms with van der Waals surface area (Å²) in [7, 11) is 0. The summed E-state index contributed by atoms with van der Waals surface area (Å²) in [5.74, 6) is -0.609. The molecule has 0 radical (unpaired) electrons. The highest BCUT2D eigenvalue weighted by Crippen LogP contribution is 2.19. The first-order valence-corrected chi connectivity index (χ1v) is 7.73. The van der Waals surface area contributed by atoms with Crippen molar-refractivity contribution in [2.24, 2.45) is 5.41 Å². The predicted molar refractivity (Wildman–Crippen MR) is 90.8 cm³/mol. The molecule has 2 rings (SSSR count). The second-order valence-corrected chi connectivity index (χ2v) is 6.69. The Balaban J connectivity index is 1.99. The molecular formula is C19H23NO3. The number of rotatable bonds is 4. The van der Waals surface area contributed by atoms with Crippen LogP contribution in [0.3, 0.4) is 0 Å². The third-order valence-electron chi connectivity index (χ3n) is 3.63. The van der Waals surface area contributed by atoms with Gasteiger partial charge in [0.25, 0.3) is 0 Å². The van der Waals surface area contributed by atoms with Gasteiger partial charge in [-0.05, 0) is 23.3 Å². The summed E-state index contributed by atoms with van der Waals surface area (Å²) in [6.07, 6.45) is 0. The molecule has 1 N–H and O–H groups in total. The van der Waals surface area contributed by atoms with Gasteiger partial charge in [-0.3, -0.25) is 4.79 Å². The lowest BCUT2D eigenvalue weighted by molar-refractivity contribution is -0.149. The standard InChI is InChI=1S/C19H23NO3/c1-13(20-18(22)19(2,3)4)17(21)23-12-15-10-7-9-14-8-5-6-11-16(14)15/h5-11,13H,12H2,1-4H3,(H,20,22). The first kappa shape index (κ1) is 17.0.